The predicted octanol–water partition coefficient (Wildman–Crippen LogP) is 3.03. The number of nitrogens with two attached hydrogens (primary N) is 1. The van der Waals surface area contributed by atoms with Crippen LogP contribution in [-0.2, 0) is 11.2 Å². The summed E-state index contributed by atoms with van der Waals surface area (Å²) in [6.07, 6.45) is 5.06. The molecule has 0 radical (unpaired) electrons. The van der Waals surface area contributed by atoms with Crippen molar-refractivity contribution in [1.29, 1.82) is 0 Å². The zero-order valence-electron chi connectivity index (χ0n) is 16.7. The maximum atomic E-state index is 12.8. The molecule has 30 heavy (non-hydrogen) atoms. The first kappa shape index (κ1) is 21.3. The Balaban J connectivity index is 0.000000177. The number of fused-ring (bicyclic) bond motifs is 1. The van der Waals surface area contributed by atoms with E-state index in [-0.39, 0.29) is 11.7 Å². The second-order valence-electron chi connectivity index (χ2n) is 6.75. The van der Waals surface area contributed by atoms with Gasteiger partial charge in [-0.3, -0.25) is 5.10 Å². The molecular formula is C22H25FN4O3. The second kappa shape index (κ2) is 10.4. The molecule has 0 saturated heterocycles. The summed E-state index contributed by atoms with van der Waals surface area (Å²) in [5.41, 5.74) is 9.26. The summed E-state index contributed by atoms with van der Waals surface area (Å²) in [5, 5.41) is 9.81. The number of nitrogens with one attached hydrogen (secondary N) is 2. The number of hydrogen-bond acceptors (Lipinski definition) is 6. The number of carbonyl (C=O) groups is 1. The normalized spacial score (nSPS) is 14.6. The van der Waals surface area contributed by atoms with Gasteiger partial charge >= 0.3 is 0 Å². The van der Waals surface area contributed by atoms with Crippen molar-refractivity contribution < 1.29 is 18.7 Å². The molecule has 8 heteroatoms. The third-order valence-corrected chi connectivity index (χ3v) is 4.61. The molecule has 158 valence electrons. The fraction of sp³-hybridized carbons (Fsp3) is 0.273. The molecule has 7 nitrogen and oxygen atoms in total. The van der Waals surface area contributed by atoms with Gasteiger partial charge in [-0.05, 0) is 47.9 Å². The van der Waals surface area contributed by atoms with Crippen molar-refractivity contribution in [2.75, 3.05) is 32.1 Å². The van der Waals surface area contributed by atoms with E-state index in [1.165, 1.54) is 12.1 Å². The lowest BCUT2D eigenvalue weighted by molar-refractivity contribution is -0.112. The molecule has 1 aliphatic heterocycles. The van der Waals surface area contributed by atoms with Crippen molar-refractivity contribution in [1.82, 2.24) is 10.2 Å². The van der Waals surface area contributed by atoms with Gasteiger partial charge in [0.15, 0.2) is 0 Å². The van der Waals surface area contributed by atoms with Crippen molar-refractivity contribution in [3.05, 3.63) is 60.2 Å². The molecule has 0 aliphatic carbocycles. The molecule has 1 atom stereocenters. The predicted molar refractivity (Wildman–Crippen MR) is 113 cm³/mol. The average Bonchev–Trinajstić information content (AvgIpc) is 3.32. The maximum Gasteiger partial charge on any atom is 0.143 e. The lowest BCUT2D eigenvalue weighted by Gasteiger charge is -2.21. The summed E-state index contributed by atoms with van der Waals surface area (Å²) in [5.74, 6) is 1.08. The van der Waals surface area contributed by atoms with Gasteiger partial charge in [0.05, 0.1) is 24.4 Å². The van der Waals surface area contributed by atoms with E-state index in [0.717, 1.165) is 34.4 Å². The highest BCUT2D eigenvalue weighted by Gasteiger charge is 2.19. The number of H-pyrrole nitrogens is 1. The minimum Gasteiger partial charge on any atom is -0.493 e. The SMILES string of the molecule is CNc1ccc(-c2cn[nH]c2)cc1OCCN.O=CC1COc2ccc(F)cc2C1. The molecule has 1 aliphatic rings. The molecule has 0 spiro atoms. The number of halogens is 1. The summed E-state index contributed by atoms with van der Waals surface area (Å²) in [6.45, 7) is 1.41. The third-order valence-electron chi connectivity index (χ3n) is 4.61. The number of aromatic amines is 1. The average molecular weight is 412 g/mol. The first-order chi connectivity index (χ1) is 14.6. The van der Waals surface area contributed by atoms with Gasteiger partial charge in [0.2, 0.25) is 0 Å². The monoisotopic (exact) mass is 412 g/mol. The van der Waals surface area contributed by atoms with Gasteiger partial charge in [-0.25, -0.2) is 4.39 Å². The van der Waals surface area contributed by atoms with Gasteiger partial charge in [0.25, 0.3) is 0 Å². The van der Waals surface area contributed by atoms with Crippen LogP contribution in [0.15, 0.2) is 48.8 Å². The van der Waals surface area contributed by atoms with E-state index in [1.807, 2.05) is 31.4 Å². The van der Waals surface area contributed by atoms with Gasteiger partial charge in [0.1, 0.15) is 30.2 Å². The summed E-state index contributed by atoms with van der Waals surface area (Å²) >= 11 is 0. The highest BCUT2D eigenvalue weighted by Crippen LogP contribution is 2.30. The number of ether oxygens (including phenoxy) is 2. The largest absolute Gasteiger partial charge is 0.493 e. The quantitative estimate of drug-likeness (QED) is 0.538. The lowest BCUT2D eigenvalue weighted by Crippen LogP contribution is -2.21. The highest BCUT2D eigenvalue weighted by molar-refractivity contribution is 5.70. The van der Waals surface area contributed by atoms with Crippen LogP contribution in [0.25, 0.3) is 11.1 Å². The molecule has 2 heterocycles. The summed E-state index contributed by atoms with van der Waals surface area (Å²) in [4.78, 5) is 10.5. The number of aromatic nitrogens is 2. The number of benzene rings is 2. The van der Waals surface area contributed by atoms with E-state index >= 15 is 0 Å². The Bertz CT molecular complexity index is 963. The molecule has 1 aromatic heterocycles. The Labute approximate surface area is 174 Å². The molecule has 0 saturated carbocycles. The Hall–Kier alpha value is -3.39. The number of hydrogen-bond donors (Lipinski definition) is 3. The first-order valence-electron chi connectivity index (χ1n) is 9.65. The van der Waals surface area contributed by atoms with E-state index in [4.69, 9.17) is 15.2 Å². The van der Waals surface area contributed by atoms with E-state index in [9.17, 15) is 9.18 Å². The van der Waals surface area contributed by atoms with Crippen LogP contribution >= 0.6 is 0 Å². The molecule has 4 rings (SSSR count). The van der Waals surface area contributed by atoms with E-state index in [2.05, 4.69) is 15.5 Å². The smallest absolute Gasteiger partial charge is 0.143 e. The van der Waals surface area contributed by atoms with Crippen molar-refractivity contribution in [3.63, 3.8) is 0 Å². The van der Waals surface area contributed by atoms with Gasteiger partial charge in [0, 0.05) is 25.4 Å². The first-order valence-corrected chi connectivity index (χ1v) is 9.65. The molecule has 0 fully saturated rings. The molecule has 3 aromatic rings. The zero-order valence-corrected chi connectivity index (χ0v) is 16.7. The van der Waals surface area contributed by atoms with Crippen LogP contribution in [0.5, 0.6) is 11.5 Å². The van der Waals surface area contributed by atoms with Crippen LogP contribution in [0.4, 0.5) is 10.1 Å². The molecular weight excluding hydrogens is 387 g/mol. The zero-order chi connectivity index (χ0) is 21.3. The van der Waals surface area contributed by atoms with Gasteiger partial charge < -0.3 is 25.3 Å². The topological polar surface area (TPSA) is 102 Å². The Kier molecular flexibility index (Phi) is 7.40. The maximum absolute atomic E-state index is 12.8. The van der Waals surface area contributed by atoms with Crippen molar-refractivity contribution in [2.45, 2.75) is 6.42 Å². The van der Waals surface area contributed by atoms with Crippen molar-refractivity contribution >= 4 is 12.0 Å². The fourth-order valence-electron chi connectivity index (χ4n) is 3.08. The Morgan fingerprint density at radius 3 is 2.90 bits per heavy atom. The molecule has 1 unspecified atom stereocenters. The molecule has 4 N–H and O–H groups in total. The highest BCUT2D eigenvalue weighted by atomic mass is 19.1. The van der Waals surface area contributed by atoms with Crippen LogP contribution in [0.3, 0.4) is 0 Å². The Morgan fingerprint density at radius 2 is 2.20 bits per heavy atom. The Morgan fingerprint density at radius 1 is 1.33 bits per heavy atom. The minimum atomic E-state index is -0.283. The van der Waals surface area contributed by atoms with E-state index < -0.39 is 0 Å². The second-order valence-corrected chi connectivity index (χ2v) is 6.75. The van der Waals surface area contributed by atoms with E-state index in [0.29, 0.717) is 31.9 Å². The summed E-state index contributed by atoms with van der Waals surface area (Å²) in [7, 11) is 1.86. The number of anilines is 1. The van der Waals surface area contributed by atoms with Gasteiger partial charge in [-0.2, -0.15) is 5.10 Å². The van der Waals surface area contributed by atoms with Crippen LogP contribution in [0.2, 0.25) is 0 Å². The number of aldehydes is 1. The molecule has 2 aromatic carbocycles. The van der Waals surface area contributed by atoms with Crippen molar-refractivity contribution in [2.24, 2.45) is 11.7 Å². The van der Waals surface area contributed by atoms with Gasteiger partial charge in [-0.1, -0.05) is 6.07 Å². The molecule has 0 bridgehead atoms. The van der Waals surface area contributed by atoms with Gasteiger partial charge in [-0.15, -0.1) is 0 Å². The lowest BCUT2D eigenvalue weighted by atomic mass is 9.98. The number of nitrogens with zero attached hydrogens (tertiary/aromatic N) is 1. The number of rotatable bonds is 6. The third kappa shape index (κ3) is 5.36. The minimum absolute atomic E-state index is 0.130. The number of carbonyl (C=O) groups excluding carboxylic acids is 1. The molecule has 0 amide bonds. The fourth-order valence-corrected chi connectivity index (χ4v) is 3.08. The van der Waals surface area contributed by atoms with Crippen molar-refractivity contribution in [3.8, 4) is 22.6 Å². The van der Waals surface area contributed by atoms with Crippen LogP contribution in [0.1, 0.15) is 5.56 Å². The van der Waals surface area contributed by atoms with E-state index in [1.54, 1.807) is 12.3 Å². The standard InChI is InChI=1S/C12H16N4O.C10H9FO2/c1-14-11-3-2-9(10-7-15-16-8-10)6-12(11)17-5-4-13;11-9-1-2-10-8(4-9)3-7(5-12)6-13-10/h2-3,6-8,14H,4-5,13H2,1H3,(H,15,16);1-2,4-5,7H,3,6H2. The summed E-state index contributed by atoms with van der Waals surface area (Å²) < 4.78 is 23.7. The van der Waals surface area contributed by atoms with Crippen LogP contribution in [0, 0.1) is 11.7 Å². The van der Waals surface area contributed by atoms with Crippen LogP contribution in [-0.4, -0.2) is 43.3 Å². The van der Waals surface area contributed by atoms with Crippen LogP contribution < -0.4 is 20.5 Å². The summed E-state index contributed by atoms with van der Waals surface area (Å²) in [6, 6.07) is 10.4.